The van der Waals surface area contributed by atoms with E-state index in [4.69, 9.17) is 4.74 Å². The molecule has 2 rings (SSSR count). The molecule has 6 heteroatoms. The van der Waals surface area contributed by atoms with E-state index < -0.39 is 5.60 Å². The molecule has 2 heterocycles. The number of thioether (sulfide) groups is 1. The highest BCUT2D eigenvalue weighted by molar-refractivity contribution is 9.11. The number of alkyl carbamates (subject to hydrolysis) is 1. The van der Waals surface area contributed by atoms with Crippen LogP contribution >= 0.6 is 39.0 Å². The maximum atomic E-state index is 11.8. The molecule has 18 heavy (non-hydrogen) atoms. The minimum absolute atomic E-state index is 0.301. The van der Waals surface area contributed by atoms with Gasteiger partial charge >= 0.3 is 6.09 Å². The SMILES string of the molecule is CC(C)(C)OC(=O)NC1(C)Cc2sc(Br)cc2S1. The largest absolute Gasteiger partial charge is 0.444 e. The molecule has 3 nitrogen and oxygen atoms in total. The van der Waals surface area contributed by atoms with Gasteiger partial charge in [0.25, 0.3) is 0 Å². The Bertz CT molecular complexity index is 455. The van der Waals surface area contributed by atoms with Crippen molar-refractivity contribution in [3.05, 3.63) is 14.7 Å². The highest BCUT2D eigenvalue weighted by Gasteiger charge is 2.37. The van der Waals surface area contributed by atoms with Crippen LogP contribution in [-0.4, -0.2) is 16.6 Å². The molecule has 0 fully saturated rings. The summed E-state index contributed by atoms with van der Waals surface area (Å²) in [4.78, 5) is 14.1. The van der Waals surface area contributed by atoms with E-state index in [1.807, 2.05) is 27.7 Å². The van der Waals surface area contributed by atoms with Gasteiger partial charge in [-0.1, -0.05) is 11.8 Å². The molecule has 0 bridgehead atoms. The summed E-state index contributed by atoms with van der Waals surface area (Å²) in [7, 11) is 0. The van der Waals surface area contributed by atoms with Gasteiger partial charge in [0, 0.05) is 16.2 Å². The summed E-state index contributed by atoms with van der Waals surface area (Å²) in [5.41, 5.74) is -0.461. The smallest absolute Gasteiger partial charge is 0.408 e. The van der Waals surface area contributed by atoms with Crippen molar-refractivity contribution in [3.8, 4) is 0 Å². The molecule has 0 saturated carbocycles. The van der Waals surface area contributed by atoms with Gasteiger partial charge in [-0.2, -0.15) is 0 Å². The molecule has 1 aliphatic heterocycles. The number of fused-ring (bicyclic) bond motifs is 1. The number of carbonyl (C=O) groups is 1. The first-order valence-corrected chi connectivity index (χ1v) is 8.08. The lowest BCUT2D eigenvalue weighted by Gasteiger charge is -2.27. The highest BCUT2D eigenvalue weighted by Crippen LogP contribution is 2.48. The Morgan fingerprint density at radius 2 is 2.22 bits per heavy atom. The molecule has 0 aliphatic carbocycles. The topological polar surface area (TPSA) is 38.3 Å². The van der Waals surface area contributed by atoms with Crippen molar-refractivity contribution >= 4 is 45.1 Å². The second-order valence-corrected chi connectivity index (χ2v) is 9.54. The molecule has 0 aromatic carbocycles. The van der Waals surface area contributed by atoms with Gasteiger partial charge in [0.15, 0.2) is 0 Å². The van der Waals surface area contributed by atoms with E-state index in [1.54, 1.807) is 23.1 Å². The molecule has 1 amide bonds. The second kappa shape index (κ2) is 4.72. The predicted octanol–water partition coefficient (Wildman–Crippen LogP) is 4.40. The molecule has 0 saturated heterocycles. The van der Waals surface area contributed by atoms with Crippen molar-refractivity contribution < 1.29 is 9.53 Å². The van der Waals surface area contributed by atoms with Gasteiger partial charge in [-0.25, -0.2) is 4.79 Å². The van der Waals surface area contributed by atoms with Gasteiger partial charge in [-0.3, -0.25) is 0 Å². The number of carbonyl (C=O) groups excluding carboxylic acids is 1. The van der Waals surface area contributed by atoms with Crippen LogP contribution in [0.5, 0.6) is 0 Å². The average molecular weight is 350 g/mol. The van der Waals surface area contributed by atoms with Crippen molar-refractivity contribution in [2.45, 2.75) is 49.5 Å². The van der Waals surface area contributed by atoms with Gasteiger partial charge < -0.3 is 10.1 Å². The summed E-state index contributed by atoms with van der Waals surface area (Å²) in [6.45, 7) is 7.63. The van der Waals surface area contributed by atoms with Crippen LogP contribution in [0.15, 0.2) is 14.7 Å². The van der Waals surface area contributed by atoms with E-state index >= 15 is 0 Å². The lowest BCUT2D eigenvalue weighted by Crippen LogP contribution is -2.45. The van der Waals surface area contributed by atoms with Crippen LogP contribution in [0.25, 0.3) is 0 Å². The Hall–Kier alpha value is -0.200. The monoisotopic (exact) mass is 349 g/mol. The number of hydrogen-bond acceptors (Lipinski definition) is 4. The van der Waals surface area contributed by atoms with E-state index in [0.717, 1.165) is 10.2 Å². The van der Waals surface area contributed by atoms with Crippen molar-refractivity contribution in [1.29, 1.82) is 0 Å². The third-order valence-corrected chi connectivity index (χ3v) is 5.39. The predicted molar refractivity (Wildman–Crippen MR) is 79.4 cm³/mol. The van der Waals surface area contributed by atoms with E-state index in [1.165, 1.54) is 9.77 Å². The molecule has 1 atom stereocenters. The van der Waals surface area contributed by atoms with Gasteiger partial charge in [-0.15, -0.1) is 11.3 Å². The zero-order chi connectivity index (χ0) is 13.6. The van der Waals surface area contributed by atoms with Crippen molar-refractivity contribution in [1.82, 2.24) is 5.32 Å². The number of hydrogen-bond donors (Lipinski definition) is 1. The van der Waals surface area contributed by atoms with Crippen molar-refractivity contribution in [3.63, 3.8) is 0 Å². The zero-order valence-corrected chi connectivity index (χ0v) is 14.0. The lowest BCUT2D eigenvalue weighted by atomic mass is 10.2. The maximum absolute atomic E-state index is 11.8. The van der Waals surface area contributed by atoms with Crippen LogP contribution in [0.1, 0.15) is 32.6 Å². The fraction of sp³-hybridized carbons (Fsp3) is 0.583. The van der Waals surface area contributed by atoms with Gasteiger partial charge in [0.1, 0.15) is 5.60 Å². The summed E-state index contributed by atoms with van der Waals surface area (Å²) in [6.07, 6.45) is 0.481. The standard InChI is InChI=1S/C12H16BrNO2S2/c1-11(2,3)16-10(15)14-12(4)6-8-7(18-12)5-9(13)17-8/h5H,6H2,1-4H3,(H,14,15). The first-order valence-electron chi connectivity index (χ1n) is 5.65. The minimum atomic E-state index is -0.461. The molecule has 0 spiro atoms. The van der Waals surface area contributed by atoms with Crippen LogP contribution in [-0.2, 0) is 11.2 Å². The number of amides is 1. The summed E-state index contributed by atoms with van der Waals surface area (Å²) in [6, 6.07) is 2.10. The van der Waals surface area contributed by atoms with Crippen LogP contribution in [0.2, 0.25) is 0 Å². The van der Waals surface area contributed by atoms with Crippen molar-refractivity contribution in [2.24, 2.45) is 0 Å². The van der Waals surface area contributed by atoms with Crippen LogP contribution in [0, 0.1) is 0 Å². The normalized spacial score (nSPS) is 22.7. The molecule has 1 N–H and O–H groups in total. The van der Waals surface area contributed by atoms with Gasteiger partial charge in [0.2, 0.25) is 0 Å². The maximum Gasteiger partial charge on any atom is 0.408 e. The molecular weight excluding hydrogens is 334 g/mol. The Morgan fingerprint density at radius 3 is 2.78 bits per heavy atom. The zero-order valence-electron chi connectivity index (χ0n) is 10.8. The molecule has 1 aromatic rings. The molecular formula is C12H16BrNO2S2. The molecule has 1 aromatic heterocycles. The van der Waals surface area contributed by atoms with E-state index in [0.29, 0.717) is 0 Å². The quantitative estimate of drug-likeness (QED) is 0.816. The Balaban J connectivity index is 1.99. The molecule has 0 radical (unpaired) electrons. The minimum Gasteiger partial charge on any atom is -0.444 e. The Labute approximate surface area is 124 Å². The summed E-state index contributed by atoms with van der Waals surface area (Å²) in [5, 5.41) is 2.96. The molecule has 1 aliphatic rings. The summed E-state index contributed by atoms with van der Waals surface area (Å²) < 4.78 is 6.43. The van der Waals surface area contributed by atoms with Crippen molar-refractivity contribution in [2.75, 3.05) is 0 Å². The third-order valence-electron chi connectivity index (χ3n) is 2.34. The Kier molecular flexibility index (Phi) is 3.73. The number of ether oxygens (including phenoxy) is 1. The molecule has 100 valence electrons. The van der Waals surface area contributed by atoms with E-state index in [-0.39, 0.29) is 11.0 Å². The second-order valence-electron chi connectivity index (χ2n) is 5.47. The third kappa shape index (κ3) is 3.42. The summed E-state index contributed by atoms with van der Waals surface area (Å²) in [5.74, 6) is 0. The molecule has 1 unspecified atom stereocenters. The number of halogens is 1. The van der Waals surface area contributed by atoms with Crippen LogP contribution < -0.4 is 5.32 Å². The fourth-order valence-electron chi connectivity index (χ4n) is 1.76. The summed E-state index contributed by atoms with van der Waals surface area (Å²) >= 11 is 6.88. The van der Waals surface area contributed by atoms with Gasteiger partial charge in [-0.05, 0) is 49.7 Å². The van der Waals surface area contributed by atoms with Crippen LogP contribution in [0.4, 0.5) is 4.79 Å². The van der Waals surface area contributed by atoms with Crippen LogP contribution in [0.3, 0.4) is 0 Å². The number of nitrogens with one attached hydrogen (secondary N) is 1. The first kappa shape index (κ1) is 14.2. The number of thiophene rings is 1. The number of rotatable bonds is 1. The first-order chi connectivity index (χ1) is 8.17. The lowest BCUT2D eigenvalue weighted by molar-refractivity contribution is 0.0500. The highest BCUT2D eigenvalue weighted by atomic mass is 79.9. The van der Waals surface area contributed by atoms with E-state index in [2.05, 4.69) is 27.3 Å². The Morgan fingerprint density at radius 1 is 1.56 bits per heavy atom. The van der Waals surface area contributed by atoms with Gasteiger partial charge in [0.05, 0.1) is 8.66 Å². The van der Waals surface area contributed by atoms with E-state index in [9.17, 15) is 4.79 Å². The average Bonchev–Trinajstić information content (AvgIpc) is 2.52. The fourth-order valence-corrected chi connectivity index (χ4v) is 5.28.